The van der Waals surface area contributed by atoms with E-state index in [4.69, 9.17) is 166 Å². The van der Waals surface area contributed by atoms with E-state index in [0.29, 0.717) is 199 Å². The van der Waals surface area contributed by atoms with Gasteiger partial charge in [-0.05, 0) is 220 Å². The van der Waals surface area contributed by atoms with Crippen LogP contribution in [-0.4, -0.2) is 165 Å². The Hall–Kier alpha value is -11.3. The largest absolute Gasteiger partial charge is 1.00 e. The fraction of sp³-hybridized carbons (Fsp3) is 0.324. The zero-order valence-electron chi connectivity index (χ0n) is 82.4. The number of alkyl halides is 2. The molecule has 8 N–H and O–H groups in total. The van der Waals surface area contributed by atoms with Crippen LogP contribution >= 0.6 is 125 Å². The van der Waals surface area contributed by atoms with Crippen LogP contribution < -0.4 is 103 Å². The number of carboxylic acid groups (broad SMARTS) is 2. The van der Waals surface area contributed by atoms with Gasteiger partial charge in [0.05, 0.1) is 101 Å². The molecule has 11 aromatic carbocycles. The number of hydrogen-bond acceptors (Lipinski definition) is 24. The second kappa shape index (κ2) is 55.0. The molecule has 3 fully saturated rings. The molecular weight excluding hydrogens is 2200 g/mol. The Morgan fingerprint density at radius 3 is 1.03 bits per heavy atom. The van der Waals surface area contributed by atoms with E-state index in [1.54, 1.807) is 193 Å². The summed E-state index contributed by atoms with van der Waals surface area (Å²) < 4.78 is 65.3. The number of carboxylic acids is 2. The third-order valence-corrected chi connectivity index (χ3v) is 29.1. The van der Waals surface area contributed by atoms with Crippen molar-refractivity contribution >= 4 is 206 Å². The van der Waals surface area contributed by atoms with Gasteiger partial charge in [0.2, 0.25) is 5.91 Å². The predicted octanol–water partition coefficient (Wildman–Crippen LogP) is 21.5. The quantitative estimate of drug-likeness (QED) is 0.0105. The molecule has 780 valence electrons. The third-order valence-electron chi connectivity index (χ3n) is 25.1. The number of esters is 2. The summed E-state index contributed by atoms with van der Waals surface area (Å²) in [5.41, 5.74) is 18.4. The molecule has 0 bridgehead atoms. The number of nitrogens with one attached hydrogen (secondary N) is 3. The smallest absolute Gasteiger partial charge is 0.870 e. The first-order chi connectivity index (χ1) is 70.1. The van der Waals surface area contributed by atoms with Crippen molar-refractivity contribution in [2.45, 2.75) is 118 Å². The molecule has 0 spiro atoms. The van der Waals surface area contributed by atoms with Crippen molar-refractivity contribution in [1.29, 1.82) is 0 Å². The average Bonchev–Trinajstić information content (AvgIpc) is 1.64. The van der Waals surface area contributed by atoms with Gasteiger partial charge in [0.15, 0.2) is 0 Å². The number of hydrogen-bond donors (Lipinski definition) is 6. The van der Waals surface area contributed by atoms with Crippen LogP contribution in [0.3, 0.4) is 0 Å². The van der Waals surface area contributed by atoms with Gasteiger partial charge in [-0.25, -0.2) is 0 Å². The number of aliphatic carboxylic acids is 2. The van der Waals surface area contributed by atoms with Gasteiger partial charge < -0.3 is 109 Å². The maximum absolute atomic E-state index is 14.1. The summed E-state index contributed by atoms with van der Waals surface area (Å²) >= 11 is 55.3. The SMILES string of the molecule is CCOC(=O)C1CC(Oc2cc(N)cc(OC)c2)C1.CCOC(=O)C1CC(Oc2cc(NC(C(=O)N3CCc4cc(OC)c(Cl)cc43)c3ccc(Cl)cc3)cc(OC)c2)C1.COc1cc(NC(C(=O)N2CCc3cc(OC)c(Cl)cc32)c2ccc(Cl)cc2)cc(OC2CC(C(=O)O)C2)c1.COc1cc2c(cc1Cl)N(C(=O)C(Br)c1ccc(Cl)cc1)CC2.COc1cc2c(cc1Cl)NCC2.O=C(O)C(Br)c1ccc(Cl)cc1.[Li+].[OH-]. The van der Waals surface area contributed by atoms with Crippen molar-refractivity contribution in [2.75, 3.05) is 126 Å². The molecule has 29 nitrogen and oxygen atoms in total. The summed E-state index contributed by atoms with van der Waals surface area (Å²) in [7, 11) is 11.1. The number of carbonyl (C=O) groups is 7. The zero-order valence-corrected chi connectivity index (χ0v) is 91.7. The van der Waals surface area contributed by atoms with Crippen molar-refractivity contribution in [3.05, 3.63) is 285 Å². The van der Waals surface area contributed by atoms with Crippen LogP contribution in [0.25, 0.3) is 0 Å². The fourth-order valence-electron chi connectivity index (χ4n) is 17.1. The van der Waals surface area contributed by atoms with Gasteiger partial charge in [-0.2, -0.15) is 0 Å². The first kappa shape index (κ1) is 117. The zero-order chi connectivity index (χ0) is 105. The number of fused-ring (bicyclic) bond motifs is 4. The van der Waals surface area contributed by atoms with Crippen molar-refractivity contribution in [2.24, 2.45) is 17.8 Å². The topological polar surface area (TPSA) is 373 Å². The molecule has 4 heterocycles. The minimum atomic E-state index is -0.905. The second-order valence-electron chi connectivity index (χ2n) is 34.6. The van der Waals surface area contributed by atoms with Gasteiger partial charge in [0, 0.05) is 141 Å². The van der Waals surface area contributed by atoms with Crippen LogP contribution in [-0.2, 0) is 68.7 Å². The molecule has 0 saturated heterocycles. The molecular formula is C108H110Br2Cl8LiN7O22. The molecule has 3 saturated carbocycles. The summed E-state index contributed by atoms with van der Waals surface area (Å²) in [6, 6.07) is 57.6. The van der Waals surface area contributed by atoms with E-state index in [2.05, 4.69) is 47.8 Å². The molecule has 7 aliphatic rings. The third kappa shape index (κ3) is 30.4. The maximum Gasteiger partial charge on any atom is 1.00 e. The van der Waals surface area contributed by atoms with Crippen molar-refractivity contribution < 1.29 is 125 Å². The van der Waals surface area contributed by atoms with Crippen LogP contribution in [0.2, 0.25) is 40.2 Å². The van der Waals surface area contributed by atoms with Crippen LogP contribution in [0.1, 0.15) is 119 Å². The van der Waals surface area contributed by atoms with Crippen LogP contribution in [0, 0.1) is 17.8 Å². The number of nitrogens with zero attached hydrogens (tertiary/aromatic N) is 3. The van der Waals surface area contributed by atoms with E-state index >= 15 is 0 Å². The minimum absolute atomic E-state index is 0. The van der Waals surface area contributed by atoms with E-state index in [9.17, 15) is 33.6 Å². The van der Waals surface area contributed by atoms with E-state index in [0.717, 1.165) is 81.3 Å². The molecule has 4 unspecified atom stereocenters. The number of ether oxygens (including phenoxy) is 12. The average molecular weight is 2310 g/mol. The molecule has 3 amide bonds. The monoisotopic (exact) mass is 2300 g/mol. The number of benzene rings is 11. The van der Waals surface area contributed by atoms with Gasteiger partial charge in [-0.3, -0.25) is 33.6 Å². The maximum atomic E-state index is 14.1. The molecule has 3 aliphatic carbocycles. The van der Waals surface area contributed by atoms with Gasteiger partial charge in [0.1, 0.15) is 97.5 Å². The molecule has 0 aromatic heterocycles. The molecule has 0 radical (unpaired) electrons. The molecule has 11 aromatic rings. The van der Waals surface area contributed by atoms with Gasteiger partial charge in [-0.15, -0.1) is 0 Å². The van der Waals surface area contributed by atoms with E-state index < -0.39 is 33.7 Å². The molecule has 18 rings (SSSR count). The number of nitrogens with two attached hydrogens (primary N) is 1. The summed E-state index contributed by atoms with van der Waals surface area (Å²) in [6.45, 7) is 7.04. The summed E-state index contributed by atoms with van der Waals surface area (Å²) in [6.07, 6.45) is 6.41. The van der Waals surface area contributed by atoms with Gasteiger partial charge in [0.25, 0.3) is 11.8 Å². The Kier molecular flexibility index (Phi) is 43.5. The number of carbonyl (C=O) groups excluding carboxylic acids is 5. The Morgan fingerprint density at radius 1 is 0.385 bits per heavy atom. The van der Waals surface area contributed by atoms with Crippen molar-refractivity contribution in [1.82, 2.24) is 0 Å². The van der Waals surface area contributed by atoms with Gasteiger partial charge in [-0.1, -0.05) is 173 Å². The van der Waals surface area contributed by atoms with Crippen LogP contribution in [0.15, 0.2) is 200 Å². The van der Waals surface area contributed by atoms with E-state index in [1.807, 2.05) is 85.8 Å². The van der Waals surface area contributed by atoms with Crippen molar-refractivity contribution in [3.63, 3.8) is 0 Å². The molecule has 148 heavy (non-hydrogen) atoms. The Labute approximate surface area is 927 Å². The fourth-order valence-corrected chi connectivity index (χ4v) is 19.4. The number of methoxy groups -OCH3 is 7. The number of amides is 3. The number of halogens is 10. The summed E-state index contributed by atoms with van der Waals surface area (Å²) in [5, 5.41) is 32.2. The van der Waals surface area contributed by atoms with Crippen molar-refractivity contribution in [3.8, 4) is 57.5 Å². The molecule has 4 aliphatic heterocycles. The first-order valence-electron chi connectivity index (χ1n) is 46.7. The van der Waals surface area contributed by atoms with Crippen LogP contribution in [0.4, 0.5) is 39.8 Å². The second-order valence-corrected chi connectivity index (χ2v) is 39.8. The Balaban J connectivity index is 0.000000178. The Bertz CT molecular complexity index is 6480. The molecule has 4 atom stereocenters. The predicted molar refractivity (Wildman–Crippen MR) is 580 cm³/mol. The van der Waals surface area contributed by atoms with E-state index in [-0.39, 0.29) is 90.1 Å². The number of nitrogen functional groups attached to an aromatic ring is 1. The minimum Gasteiger partial charge on any atom is -0.870 e. The van der Waals surface area contributed by atoms with Gasteiger partial charge >= 0.3 is 42.7 Å². The summed E-state index contributed by atoms with van der Waals surface area (Å²) in [4.78, 5) is 90.3. The Morgan fingerprint density at radius 2 is 0.689 bits per heavy atom. The normalized spacial score (nSPS) is 17.0. The molecule has 40 heteroatoms. The number of anilines is 7. The summed E-state index contributed by atoms with van der Waals surface area (Å²) in [5.74, 6) is 3.16. The van der Waals surface area contributed by atoms with E-state index in [1.165, 1.54) is 5.56 Å². The first-order valence-corrected chi connectivity index (χ1v) is 51.5. The standard InChI is InChI=1S/C31H32Cl2N2O6.C29H28Cl2N2O6.C17H14BrCl2NO2.C14H19NO4.C9H10ClNO.C8H6BrClO2.Li.H2O/c1-4-40-31(37)20-11-24(12-20)41-25-15-22(14-23(16-25)38-2)34-29(18-5-7-21(32)8-6-18)30(36)35-10-9-19-13-28(39-3)26(33)17-27(19)35;1-37-21-12-20(13-23(14-21)39-22-9-18(10-22)29(35)36)32-27(16-3-5-19(30)6-4-16)28(34)33-8-7-17-11-26(38-2)24(31)15-25(17)33;1-23-15-8-11-6-7-21(14(11)9-13(15)20)17(22)16(18)10-2-4-12(19)5-3-10;1-3-18-14(16)9-4-12(5-9)19-13-7-10(15)6-11(8-13)17-2;1-12-9-4-6-2-3-11-8(6)5-7(9)10;9-7(8(11)12)5-1-3-6(10)4-2-5;;/h5-8,13-17,20,24,29,34H,4,9-12H2,1-3H3;3-6,11-15,18,22,27,32H,7-10H2,1-2H3,(H,35,36);2-5,8-9,16H,6-7H2,1H3;6-9,12H,3-5,15H2,1-2H3;4-5,11H,2-3H2,1H3;1-4,7H,(H,11,12);;1H2/q;;;;;;+1;/p-1. The van der Waals surface area contributed by atoms with Crippen LogP contribution in [0.5, 0.6) is 57.5 Å². The number of rotatable bonds is 30.